The van der Waals surface area contributed by atoms with Crippen LogP contribution >= 0.6 is 12.6 Å². The van der Waals surface area contributed by atoms with Crippen LogP contribution in [0.25, 0.3) is 0 Å². The fraction of sp³-hybridized carbons (Fsp3) is 0.455. The van der Waals surface area contributed by atoms with Crippen LogP contribution in [-0.4, -0.2) is 20.7 Å². The molecule has 0 amide bonds. The number of hydrogen-bond donors (Lipinski definition) is 1. The molecule has 0 aliphatic heterocycles. The summed E-state index contributed by atoms with van der Waals surface area (Å²) < 4.78 is 6.87. The SMILES string of the molecule is CC(C)(C)[Si](OCCCCCCS)(c1ccccc1)c1ccccc1. The van der Waals surface area contributed by atoms with E-state index in [4.69, 9.17) is 4.43 Å². The zero-order valence-corrected chi connectivity index (χ0v) is 17.8. The molecule has 0 bridgehead atoms. The van der Waals surface area contributed by atoms with E-state index in [1.54, 1.807) is 0 Å². The molecule has 0 saturated carbocycles. The third-order valence-electron chi connectivity index (χ3n) is 4.79. The van der Waals surface area contributed by atoms with Crippen molar-refractivity contribution in [3.63, 3.8) is 0 Å². The summed E-state index contributed by atoms with van der Waals surface area (Å²) in [6.07, 6.45) is 4.78. The minimum Gasteiger partial charge on any atom is -0.407 e. The van der Waals surface area contributed by atoms with E-state index in [1.165, 1.54) is 29.6 Å². The van der Waals surface area contributed by atoms with E-state index >= 15 is 0 Å². The second-order valence-corrected chi connectivity index (χ2v) is 12.4. The summed E-state index contributed by atoms with van der Waals surface area (Å²) in [5.74, 6) is 0.982. The molecule has 2 rings (SSSR count). The maximum absolute atomic E-state index is 6.87. The van der Waals surface area contributed by atoms with E-state index in [2.05, 4.69) is 94.1 Å². The molecule has 1 nitrogen and oxygen atoms in total. The molecular formula is C22H32OSSi. The van der Waals surface area contributed by atoms with Crippen molar-refractivity contribution >= 4 is 31.3 Å². The highest BCUT2D eigenvalue weighted by molar-refractivity contribution is 7.80. The Balaban J connectivity index is 2.33. The number of rotatable bonds is 9. The molecule has 0 heterocycles. The first-order valence-corrected chi connectivity index (χ1v) is 11.9. The van der Waals surface area contributed by atoms with Crippen molar-refractivity contribution in [1.29, 1.82) is 0 Å². The van der Waals surface area contributed by atoms with Gasteiger partial charge in [-0.3, -0.25) is 0 Å². The molecule has 2 aromatic rings. The highest BCUT2D eigenvalue weighted by atomic mass is 32.1. The summed E-state index contributed by atoms with van der Waals surface area (Å²) in [5.41, 5.74) is 0. The van der Waals surface area contributed by atoms with Gasteiger partial charge in [-0.25, -0.2) is 0 Å². The Morgan fingerprint density at radius 2 is 1.24 bits per heavy atom. The summed E-state index contributed by atoms with van der Waals surface area (Å²) in [5, 5.41) is 2.80. The molecule has 0 aliphatic carbocycles. The second kappa shape index (κ2) is 9.61. The third kappa shape index (κ3) is 4.99. The van der Waals surface area contributed by atoms with Gasteiger partial charge in [0.25, 0.3) is 8.32 Å². The maximum atomic E-state index is 6.87. The van der Waals surface area contributed by atoms with Crippen molar-refractivity contribution in [3.05, 3.63) is 60.7 Å². The van der Waals surface area contributed by atoms with Crippen LogP contribution in [0.3, 0.4) is 0 Å². The predicted molar refractivity (Wildman–Crippen MR) is 116 cm³/mol. The Morgan fingerprint density at radius 3 is 1.68 bits per heavy atom. The lowest BCUT2D eigenvalue weighted by atomic mass is 10.2. The Morgan fingerprint density at radius 1 is 0.760 bits per heavy atom. The largest absolute Gasteiger partial charge is 0.407 e. The zero-order chi connectivity index (χ0) is 18.2. The number of benzene rings is 2. The molecule has 0 unspecified atom stereocenters. The van der Waals surface area contributed by atoms with Crippen LogP contribution in [0.4, 0.5) is 0 Å². The average molecular weight is 373 g/mol. The van der Waals surface area contributed by atoms with Crippen LogP contribution in [0.5, 0.6) is 0 Å². The van der Waals surface area contributed by atoms with Crippen molar-refractivity contribution in [2.75, 3.05) is 12.4 Å². The van der Waals surface area contributed by atoms with Gasteiger partial charge in [-0.15, -0.1) is 0 Å². The lowest BCUT2D eigenvalue weighted by Crippen LogP contribution is -2.66. The van der Waals surface area contributed by atoms with Crippen LogP contribution < -0.4 is 10.4 Å². The summed E-state index contributed by atoms with van der Waals surface area (Å²) in [6.45, 7) is 7.83. The molecule has 136 valence electrons. The molecule has 0 fully saturated rings. The van der Waals surface area contributed by atoms with Gasteiger partial charge in [-0.1, -0.05) is 94.3 Å². The van der Waals surface area contributed by atoms with Crippen molar-refractivity contribution < 1.29 is 4.43 Å². The van der Waals surface area contributed by atoms with Gasteiger partial charge in [0.15, 0.2) is 0 Å². The van der Waals surface area contributed by atoms with Gasteiger partial charge in [0, 0.05) is 6.61 Å². The summed E-state index contributed by atoms with van der Waals surface area (Å²) in [4.78, 5) is 0. The summed E-state index contributed by atoms with van der Waals surface area (Å²) in [6, 6.07) is 21.8. The lowest BCUT2D eigenvalue weighted by Gasteiger charge is -2.43. The van der Waals surface area contributed by atoms with Gasteiger partial charge in [-0.05, 0) is 34.0 Å². The van der Waals surface area contributed by atoms with E-state index in [1.807, 2.05) is 0 Å². The molecule has 0 radical (unpaired) electrons. The Hall–Kier alpha value is -1.03. The van der Waals surface area contributed by atoms with Gasteiger partial charge < -0.3 is 4.43 Å². The van der Waals surface area contributed by atoms with Crippen LogP contribution in [0.15, 0.2) is 60.7 Å². The van der Waals surface area contributed by atoms with Crippen molar-refractivity contribution in [3.8, 4) is 0 Å². The van der Waals surface area contributed by atoms with Crippen LogP contribution in [-0.2, 0) is 4.43 Å². The molecule has 3 heteroatoms. The van der Waals surface area contributed by atoms with Crippen LogP contribution in [0.1, 0.15) is 46.5 Å². The standard InChI is InChI=1S/C22H32OSSi/c1-22(2,3)25(20-14-8-6-9-15-20,21-16-10-7-11-17-21)23-18-12-4-5-13-19-24/h6-11,14-17,24H,4-5,12-13,18-19H2,1-3H3. The number of thiol groups is 1. The Kier molecular flexibility index (Phi) is 7.79. The normalized spacial score (nSPS) is 12.3. The molecule has 0 spiro atoms. The van der Waals surface area contributed by atoms with Crippen LogP contribution in [0, 0.1) is 0 Å². The van der Waals surface area contributed by atoms with Crippen LogP contribution in [0.2, 0.25) is 5.04 Å². The van der Waals surface area contributed by atoms with E-state index in [-0.39, 0.29) is 5.04 Å². The Bertz CT molecular complexity index is 567. The van der Waals surface area contributed by atoms with Gasteiger partial charge in [0.1, 0.15) is 0 Å². The first kappa shape index (κ1) is 20.3. The molecule has 0 atom stereocenters. The van der Waals surface area contributed by atoms with Gasteiger partial charge in [0.05, 0.1) is 0 Å². The summed E-state index contributed by atoms with van der Waals surface area (Å²) in [7, 11) is -2.33. The highest BCUT2D eigenvalue weighted by Gasteiger charge is 2.49. The molecule has 25 heavy (non-hydrogen) atoms. The monoisotopic (exact) mass is 372 g/mol. The Labute approximate surface area is 160 Å². The summed E-state index contributed by atoms with van der Waals surface area (Å²) >= 11 is 4.30. The first-order valence-electron chi connectivity index (χ1n) is 9.38. The maximum Gasteiger partial charge on any atom is 0.261 e. The average Bonchev–Trinajstić information content (AvgIpc) is 2.62. The van der Waals surface area contributed by atoms with Gasteiger partial charge in [-0.2, -0.15) is 12.6 Å². The van der Waals surface area contributed by atoms with Crippen molar-refractivity contribution in [1.82, 2.24) is 0 Å². The minimum absolute atomic E-state index is 0.0702. The number of unbranched alkanes of at least 4 members (excludes halogenated alkanes) is 3. The van der Waals surface area contributed by atoms with Crippen molar-refractivity contribution in [2.24, 2.45) is 0 Å². The van der Waals surface area contributed by atoms with E-state index in [9.17, 15) is 0 Å². The van der Waals surface area contributed by atoms with E-state index in [0.29, 0.717) is 0 Å². The molecular weight excluding hydrogens is 340 g/mol. The van der Waals surface area contributed by atoms with Gasteiger partial charge in [0.2, 0.25) is 0 Å². The molecule has 0 aromatic heterocycles. The van der Waals surface area contributed by atoms with E-state index < -0.39 is 8.32 Å². The number of hydrogen-bond acceptors (Lipinski definition) is 2. The van der Waals surface area contributed by atoms with Gasteiger partial charge >= 0.3 is 0 Å². The minimum atomic E-state index is -2.33. The first-order chi connectivity index (χ1) is 12.0. The fourth-order valence-corrected chi connectivity index (χ4v) is 8.38. The molecule has 2 aromatic carbocycles. The second-order valence-electron chi connectivity index (χ2n) is 7.65. The zero-order valence-electron chi connectivity index (χ0n) is 15.9. The molecule has 0 aliphatic rings. The molecule has 0 N–H and O–H groups in total. The van der Waals surface area contributed by atoms with E-state index in [0.717, 1.165) is 18.8 Å². The van der Waals surface area contributed by atoms with Crippen molar-refractivity contribution in [2.45, 2.75) is 51.5 Å². The smallest absolute Gasteiger partial charge is 0.261 e. The lowest BCUT2D eigenvalue weighted by molar-refractivity contribution is 0.287. The molecule has 0 saturated heterocycles. The highest BCUT2D eigenvalue weighted by Crippen LogP contribution is 2.36. The third-order valence-corrected chi connectivity index (χ3v) is 10.1. The fourth-order valence-electron chi connectivity index (χ4n) is 3.55. The predicted octanol–water partition coefficient (Wildman–Crippen LogP) is 5.05. The topological polar surface area (TPSA) is 9.23 Å². The quantitative estimate of drug-likeness (QED) is 0.368.